The average Bonchev–Trinajstić information content (AvgIpc) is 2.34. The Morgan fingerprint density at radius 1 is 1.32 bits per heavy atom. The van der Waals surface area contributed by atoms with Gasteiger partial charge in [0.15, 0.2) is 0 Å². The van der Waals surface area contributed by atoms with E-state index in [1.807, 2.05) is 19.1 Å². The van der Waals surface area contributed by atoms with Crippen molar-refractivity contribution in [2.75, 3.05) is 12.3 Å². The Morgan fingerprint density at radius 2 is 2.05 bits per heavy atom. The van der Waals surface area contributed by atoms with Crippen LogP contribution in [0.2, 0.25) is 0 Å². The molecule has 0 fully saturated rings. The second kappa shape index (κ2) is 5.56. The summed E-state index contributed by atoms with van der Waals surface area (Å²) >= 11 is 0. The van der Waals surface area contributed by atoms with Crippen LogP contribution in [0.15, 0.2) is 35.1 Å². The molecule has 2 rings (SSSR count). The summed E-state index contributed by atoms with van der Waals surface area (Å²) in [7, 11) is 0. The first-order valence-corrected chi connectivity index (χ1v) is 6.10. The number of rotatable bonds is 4. The summed E-state index contributed by atoms with van der Waals surface area (Å²) in [6.07, 6.45) is 0. The van der Waals surface area contributed by atoms with E-state index in [0.29, 0.717) is 30.4 Å². The third-order valence-electron chi connectivity index (χ3n) is 2.82. The van der Waals surface area contributed by atoms with Crippen molar-refractivity contribution in [1.29, 1.82) is 0 Å². The van der Waals surface area contributed by atoms with Gasteiger partial charge in [-0.15, -0.1) is 0 Å². The smallest absolute Gasteiger partial charge is 0.253 e. The molecule has 0 bridgehead atoms. The zero-order valence-electron chi connectivity index (χ0n) is 11.1. The molecule has 0 atom stereocenters. The molecule has 1 aromatic carbocycles. The van der Waals surface area contributed by atoms with E-state index in [4.69, 9.17) is 10.5 Å². The Balaban J connectivity index is 2.04. The minimum atomic E-state index is -0.0605. The van der Waals surface area contributed by atoms with Crippen molar-refractivity contribution in [1.82, 2.24) is 9.55 Å². The van der Waals surface area contributed by atoms with Gasteiger partial charge in [0.25, 0.3) is 5.56 Å². The van der Waals surface area contributed by atoms with Gasteiger partial charge in [0.2, 0.25) is 0 Å². The molecule has 0 spiro atoms. The number of ether oxygens (including phenoxy) is 1. The Labute approximate surface area is 111 Å². The van der Waals surface area contributed by atoms with E-state index in [1.54, 1.807) is 23.6 Å². The van der Waals surface area contributed by atoms with E-state index in [1.165, 1.54) is 6.07 Å². The highest BCUT2D eigenvalue weighted by Crippen LogP contribution is 2.19. The Morgan fingerprint density at radius 3 is 2.74 bits per heavy atom. The van der Waals surface area contributed by atoms with Crippen molar-refractivity contribution in [2.24, 2.45) is 0 Å². The van der Waals surface area contributed by atoms with Gasteiger partial charge in [0.05, 0.1) is 12.2 Å². The minimum absolute atomic E-state index is 0.0605. The highest BCUT2D eigenvalue weighted by molar-refractivity contribution is 5.51. The predicted octanol–water partition coefficient (Wildman–Crippen LogP) is 1.52. The van der Waals surface area contributed by atoms with Crippen LogP contribution in [0.25, 0.3) is 0 Å². The molecule has 2 aromatic rings. The number of hydrogen-bond acceptors (Lipinski definition) is 4. The van der Waals surface area contributed by atoms with E-state index >= 15 is 0 Å². The Hall–Kier alpha value is -2.30. The lowest BCUT2D eigenvalue weighted by atomic mass is 10.3. The number of nitrogens with two attached hydrogens (primary N) is 1. The molecule has 1 heterocycles. The second-order valence-corrected chi connectivity index (χ2v) is 4.32. The first kappa shape index (κ1) is 13.1. The van der Waals surface area contributed by atoms with E-state index < -0.39 is 0 Å². The third kappa shape index (κ3) is 3.13. The van der Waals surface area contributed by atoms with Gasteiger partial charge in [0, 0.05) is 11.8 Å². The number of nitrogen functional groups attached to an aromatic ring is 1. The topological polar surface area (TPSA) is 70.1 Å². The molecule has 5 heteroatoms. The molecule has 1 aromatic heterocycles. The van der Waals surface area contributed by atoms with Gasteiger partial charge in [-0.1, -0.05) is 12.1 Å². The molecule has 0 saturated heterocycles. The maximum Gasteiger partial charge on any atom is 0.253 e. The van der Waals surface area contributed by atoms with Crippen LogP contribution in [0.5, 0.6) is 5.75 Å². The molecule has 5 nitrogen and oxygen atoms in total. The number of anilines is 1. The fourth-order valence-electron chi connectivity index (χ4n) is 1.89. The fourth-order valence-corrected chi connectivity index (χ4v) is 1.89. The van der Waals surface area contributed by atoms with Crippen LogP contribution in [-0.4, -0.2) is 16.2 Å². The van der Waals surface area contributed by atoms with Crippen molar-refractivity contribution in [3.8, 4) is 5.75 Å². The third-order valence-corrected chi connectivity index (χ3v) is 2.82. The van der Waals surface area contributed by atoms with Gasteiger partial charge in [-0.2, -0.15) is 0 Å². The van der Waals surface area contributed by atoms with Crippen LogP contribution in [0.3, 0.4) is 0 Å². The predicted molar refractivity (Wildman–Crippen MR) is 74.3 cm³/mol. The molecule has 0 aliphatic carbocycles. The van der Waals surface area contributed by atoms with Crippen LogP contribution in [0.1, 0.15) is 11.5 Å². The van der Waals surface area contributed by atoms with Crippen molar-refractivity contribution < 1.29 is 4.74 Å². The number of para-hydroxylation sites is 2. The lowest BCUT2D eigenvalue weighted by molar-refractivity contribution is 0.295. The van der Waals surface area contributed by atoms with Gasteiger partial charge in [-0.3, -0.25) is 9.36 Å². The average molecular weight is 259 g/mol. The minimum Gasteiger partial charge on any atom is -0.490 e. The largest absolute Gasteiger partial charge is 0.490 e. The number of nitrogens with zero attached hydrogens (tertiary/aromatic N) is 2. The fraction of sp³-hybridized carbons (Fsp3) is 0.286. The molecule has 0 aliphatic heterocycles. The number of aryl methyl sites for hydroxylation is 2. The van der Waals surface area contributed by atoms with Gasteiger partial charge >= 0.3 is 0 Å². The summed E-state index contributed by atoms with van der Waals surface area (Å²) in [5.41, 5.74) is 7.03. The van der Waals surface area contributed by atoms with Gasteiger partial charge in [0.1, 0.15) is 18.2 Å². The van der Waals surface area contributed by atoms with E-state index in [2.05, 4.69) is 4.98 Å². The van der Waals surface area contributed by atoms with Crippen LogP contribution in [0, 0.1) is 13.8 Å². The number of aromatic nitrogens is 2. The monoisotopic (exact) mass is 259 g/mol. The molecule has 0 aliphatic rings. The zero-order valence-corrected chi connectivity index (χ0v) is 11.1. The summed E-state index contributed by atoms with van der Waals surface area (Å²) in [4.78, 5) is 16.1. The maximum atomic E-state index is 11.8. The summed E-state index contributed by atoms with van der Waals surface area (Å²) in [5.74, 6) is 1.32. The summed E-state index contributed by atoms with van der Waals surface area (Å²) in [5, 5.41) is 0. The first-order valence-electron chi connectivity index (χ1n) is 6.10. The molecule has 2 N–H and O–H groups in total. The highest BCUT2D eigenvalue weighted by Gasteiger charge is 2.04. The van der Waals surface area contributed by atoms with Gasteiger partial charge in [-0.05, 0) is 26.0 Å². The van der Waals surface area contributed by atoms with Crippen LogP contribution in [-0.2, 0) is 6.54 Å². The Bertz CT molecular complexity index is 635. The highest BCUT2D eigenvalue weighted by atomic mass is 16.5. The van der Waals surface area contributed by atoms with Gasteiger partial charge in [-0.25, -0.2) is 4.98 Å². The van der Waals surface area contributed by atoms with Crippen LogP contribution >= 0.6 is 0 Å². The Kier molecular flexibility index (Phi) is 3.85. The summed E-state index contributed by atoms with van der Waals surface area (Å²) in [6, 6.07) is 8.81. The second-order valence-electron chi connectivity index (χ2n) is 4.32. The van der Waals surface area contributed by atoms with Crippen LogP contribution in [0.4, 0.5) is 5.69 Å². The standard InChI is InChI=1S/C14H17N3O2/c1-10-9-14(18)17(11(2)16-10)7-8-19-13-6-4-3-5-12(13)15/h3-6,9H,7-8,15H2,1-2H3. The SMILES string of the molecule is Cc1cc(=O)n(CCOc2ccccc2N)c(C)n1. The lowest BCUT2D eigenvalue weighted by Gasteiger charge is -2.11. The molecule has 19 heavy (non-hydrogen) atoms. The lowest BCUT2D eigenvalue weighted by Crippen LogP contribution is -2.26. The molecule has 0 amide bonds. The molecule has 0 unspecified atom stereocenters. The molecule has 0 saturated carbocycles. The van der Waals surface area contributed by atoms with E-state index in [-0.39, 0.29) is 5.56 Å². The van der Waals surface area contributed by atoms with E-state index in [0.717, 1.165) is 5.69 Å². The zero-order chi connectivity index (χ0) is 13.8. The summed E-state index contributed by atoms with van der Waals surface area (Å²) in [6.45, 7) is 4.44. The van der Waals surface area contributed by atoms with E-state index in [9.17, 15) is 4.79 Å². The summed E-state index contributed by atoms with van der Waals surface area (Å²) < 4.78 is 7.16. The molecular weight excluding hydrogens is 242 g/mol. The molecule has 0 radical (unpaired) electrons. The maximum absolute atomic E-state index is 11.8. The number of benzene rings is 1. The van der Waals surface area contributed by atoms with Crippen molar-refractivity contribution >= 4 is 5.69 Å². The molecular formula is C14H17N3O2. The van der Waals surface area contributed by atoms with Crippen molar-refractivity contribution in [3.05, 3.63) is 52.2 Å². The molecule has 100 valence electrons. The van der Waals surface area contributed by atoms with Crippen LogP contribution < -0.4 is 16.0 Å². The van der Waals surface area contributed by atoms with Gasteiger partial charge < -0.3 is 10.5 Å². The first-order chi connectivity index (χ1) is 9.08. The van der Waals surface area contributed by atoms with Crippen molar-refractivity contribution in [2.45, 2.75) is 20.4 Å². The normalized spacial score (nSPS) is 10.4. The van der Waals surface area contributed by atoms with Crippen molar-refractivity contribution in [3.63, 3.8) is 0 Å². The number of hydrogen-bond donors (Lipinski definition) is 1. The quantitative estimate of drug-likeness (QED) is 0.845.